The van der Waals surface area contributed by atoms with Crippen molar-refractivity contribution in [2.45, 2.75) is 89.2 Å². The smallest absolute Gasteiger partial charge is 0.247 e. The third-order valence-electron chi connectivity index (χ3n) is 7.37. The number of sulfonamides is 1. The van der Waals surface area contributed by atoms with Gasteiger partial charge in [0.15, 0.2) is 0 Å². The molecule has 1 aromatic rings. The SMILES string of the molecule is CCN(c1nc(C)ccc1S(=O)(=O)N1CCC[C@H]1C(=O)N[C@@H]1C[C@H]2CC[C@@H]1C2)C(C)C. The molecule has 0 radical (unpaired) electrons. The summed E-state index contributed by atoms with van der Waals surface area (Å²) in [6, 6.07) is 3.09. The lowest BCUT2D eigenvalue weighted by Crippen LogP contribution is -2.50. The quantitative estimate of drug-likeness (QED) is 0.693. The number of anilines is 1. The Labute approximate surface area is 186 Å². The molecule has 0 spiro atoms. The van der Waals surface area contributed by atoms with Crippen molar-refractivity contribution in [3.05, 3.63) is 17.8 Å². The topological polar surface area (TPSA) is 82.6 Å². The highest BCUT2D eigenvalue weighted by atomic mass is 32.2. The Bertz CT molecular complexity index is 933. The normalized spacial score (nSPS) is 28.4. The van der Waals surface area contributed by atoms with E-state index >= 15 is 0 Å². The van der Waals surface area contributed by atoms with Crippen molar-refractivity contribution in [1.29, 1.82) is 0 Å². The summed E-state index contributed by atoms with van der Waals surface area (Å²) in [5.74, 6) is 1.65. The fourth-order valence-electron chi connectivity index (χ4n) is 5.81. The Morgan fingerprint density at radius 1 is 1.26 bits per heavy atom. The Morgan fingerprint density at radius 2 is 2.03 bits per heavy atom. The molecule has 1 saturated heterocycles. The number of carbonyl (C=O) groups is 1. The lowest BCUT2D eigenvalue weighted by Gasteiger charge is -2.31. The molecule has 3 aliphatic rings. The minimum Gasteiger partial charge on any atom is -0.353 e. The monoisotopic (exact) mass is 448 g/mol. The molecule has 172 valence electrons. The number of aryl methyl sites for hydroxylation is 1. The highest BCUT2D eigenvalue weighted by molar-refractivity contribution is 7.89. The van der Waals surface area contributed by atoms with E-state index in [2.05, 4.69) is 10.3 Å². The van der Waals surface area contributed by atoms with Gasteiger partial charge in [-0.3, -0.25) is 4.79 Å². The van der Waals surface area contributed by atoms with E-state index in [0.29, 0.717) is 37.7 Å². The van der Waals surface area contributed by atoms with Crippen LogP contribution in [0, 0.1) is 18.8 Å². The number of nitrogens with zero attached hydrogens (tertiary/aromatic N) is 3. The molecule has 1 amide bonds. The van der Waals surface area contributed by atoms with E-state index in [1.165, 1.54) is 23.6 Å². The molecule has 7 nitrogen and oxygen atoms in total. The number of nitrogens with one attached hydrogen (secondary N) is 1. The van der Waals surface area contributed by atoms with Gasteiger partial charge in [0.25, 0.3) is 0 Å². The van der Waals surface area contributed by atoms with Crippen LogP contribution in [0.25, 0.3) is 0 Å². The van der Waals surface area contributed by atoms with Crippen molar-refractivity contribution in [2.75, 3.05) is 18.0 Å². The van der Waals surface area contributed by atoms with Gasteiger partial charge in [-0.1, -0.05) is 6.42 Å². The van der Waals surface area contributed by atoms with Gasteiger partial charge in [0.05, 0.1) is 0 Å². The fraction of sp³-hybridized carbons (Fsp3) is 0.739. The summed E-state index contributed by atoms with van der Waals surface area (Å²) < 4.78 is 29.0. The predicted octanol–water partition coefficient (Wildman–Crippen LogP) is 3.08. The van der Waals surface area contributed by atoms with Crippen molar-refractivity contribution < 1.29 is 13.2 Å². The van der Waals surface area contributed by atoms with E-state index in [1.807, 2.05) is 32.6 Å². The summed E-state index contributed by atoms with van der Waals surface area (Å²) in [7, 11) is -3.84. The second kappa shape index (κ2) is 8.70. The largest absolute Gasteiger partial charge is 0.353 e. The van der Waals surface area contributed by atoms with Gasteiger partial charge in [-0.15, -0.1) is 0 Å². The molecule has 2 heterocycles. The maximum Gasteiger partial charge on any atom is 0.247 e. The van der Waals surface area contributed by atoms with Crippen LogP contribution in [0.2, 0.25) is 0 Å². The average Bonchev–Trinajstić information content (AvgIpc) is 3.45. The van der Waals surface area contributed by atoms with Gasteiger partial charge in [0.2, 0.25) is 15.9 Å². The zero-order chi connectivity index (χ0) is 22.3. The molecule has 2 bridgehead atoms. The summed E-state index contributed by atoms with van der Waals surface area (Å²) >= 11 is 0. The molecular formula is C23H36N4O3S. The third-order valence-corrected chi connectivity index (χ3v) is 9.30. The van der Waals surface area contributed by atoms with Gasteiger partial charge in [-0.25, -0.2) is 13.4 Å². The van der Waals surface area contributed by atoms with Crippen LogP contribution in [0.5, 0.6) is 0 Å². The van der Waals surface area contributed by atoms with Crippen LogP contribution in [0.1, 0.15) is 65.0 Å². The van der Waals surface area contributed by atoms with Crippen molar-refractivity contribution in [3.63, 3.8) is 0 Å². The maximum absolute atomic E-state index is 13.8. The second-order valence-corrected chi connectivity index (χ2v) is 11.6. The van der Waals surface area contributed by atoms with E-state index in [-0.39, 0.29) is 22.9 Å². The predicted molar refractivity (Wildman–Crippen MR) is 121 cm³/mol. The molecule has 4 atom stereocenters. The number of hydrogen-bond acceptors (Lipinski definition) is 5. The molecule has 1 aliphatic heterocycles. The zero-order valence-corrected chi connectivity index (χ0v) is 20.0. The lowest BCUT2D eigenvalue weighted by atomic mass is 9.95. The number of amides is 1. The van der Waals surface area contributed by atoms with Crippen LogP contribution in [0.4, 0.5) is 5.82 Å². The van der Waals surface area contributed by atoms with E-state index in [9.17, 15) is 13.2 Å². The summed E-state index contributed by atoms with van der Waals surface area (Å²) in [4.78, 5) is 20.0. The maximum atomic E-state index is 13.8. The first-order chi connectivity index (χ1) is 14.7. The number of carbonyl (C=O) groups excluding carboxylic acids is 1. The Balaban J connectivity index is 1.60. The molecule has 8 heteroatoms. The minimum absolute atomic E-state index is 0.115. The van der Waals surface area contributed by atoms with Gasteiger partial charge in [-0.2, -0.15) is 4.31 Å². The number of pyridine rings is 1. The average molecular weight is 449 g/mol. The van der Waals surface area contributed by atoms with Crippen LogP contribution in [-0.4, -0.2) is 54.8 Å². The first-order valence-corrected chi connectivity index (χ1v) is 13.2. The van der Waals surface area contributed by atoms with Crippen LogP contribution < -0.4 is 10.2 Å². The molecule has 3 fully saturated rings. The number of rotatable bonds is 7. The number of aromatic nitrogens is 1. The number of hydrogen-bond donors (Lipinski definition) is 1. The lowest BCUT2D eigenvalue weighted by molar-refractivity contribution is -0.125. The van der Waals surface area contributed by atoms with Crippen LogP contribution in [0.3, 0.4) is 0 Å². The van der Waals surface area contributed by atoms with Crippen molar-refractivity contribution in [1.82, 2.24) is 14.6 Å². The minimum atomic E-state index is -3.84. The molecule has 2 aliphatic carbocycles. The van der Waals surface area contributed by atoms with Crippen LogP contribution >= 0.6 is 0 Å². The molecule has 31 heavy (non-hydrogen) atoms. The van der Waals surface area contributed by atoms with Gasteiger partial charge in [0, 0.05) is 30.9 Å². The third kappa shape index (κ3) is 4.21. The molecule has 1 aromatic heterocycles. The fourth-order valence-corrected chi connectivity index (χ4v) is 7.61. The summed E-state index contributed by atoms with van der Waals surface area (Å²) in [6.45, 7) is 8.97. The Hall–Kier alpha value is -1.67. The van der Waals surface area contributed by atoms with Crippen LogP contribution in [-0.2, 0) is 14.8 Å². The highest BCUT2D eigenvalue weighted by Crippen LogP contribution is 2.44. The molecular weight excluding hydrogens is 412 g/mol. The first kappa shape index (κ1) is 22.5. The van der Waals surface area contributed by atoms with Gasteiger partial charge >= 0.3 is 0 Å². The van der Waals surface area contributed by atoms with E-state index in [0.717, 1.165) is 18.0 Å². The summed E-state index contributed by atoms with van der Waals surface area (Å²) in [5, 5.41) is 3.21. The standard InChI is InChI=1S/C23H36N4O3S/c1-5-26(15(2)3)22-21(11-8-16(4)24-22)31(29,30)27-12-6-7-20(27)23(28)25-19-14-17-9-10-18(19)13-17/h8,11,15,17-20H,5-7,9-10,12-14H2,1-4H3,(H,25,28)/t17-,18+,19+,20-/m0/s1. The Morgan fingerprint density at radius 3 is 2.65 bits per heavy atom. The Kier molecular flexibility index (Phi) is 6.32. The van der Waals surface area contributed by atoms with Gasteiger partial charge < -0.3 is 10.2 Å². The first-order valence-electron chi connectivity index (χ1n) is 11.8. The van der Waals surface area contributed by atoms with E-state index < -0.39 is 16.1 Å². The van der Waals surface area contributed by atoms with Gasteiger partial charge in [-0.05, 0) is 83.8 Å². The highest BCUT2D eigenvalue weighted by Gasteiger charge is 2.44. The summed E-state index contributed by atoms with van der Waals surface area (Å²) in [6.07, 6.45) is 5.98. The second-order valence-electron chi connectivity index (χ2n) is 9.72. The van der Waals surface area contributed by atoms with Crippen molar-refractivity contribution >= 4 is 21.7 Å². The molecule has 0 unspecified atom stereocenters. The van der Waals surface area contributed by atoms with E-state index in [1.54, 1.807) is 12.1 Å². The van der Waals surface area contributed by atoms with Crippen molar-refractivity contribution in [2.24, 2.45) is 11.8 Å². The zero-order valence-electron chi connectivity index (χ0n) is 19.2. The molecule has 1 N–H and O–H groups in total. The van der Waals surface area contributed by atoms with E-state index in [4.69, 9.17) is 0 Å². The van der Waals surface area contributed by atoms with Crippen molar-refractivity contribution in [3.8, 4) is 0 Å². The number of fused-ring (bicyclic) bond motifs is 2. The molecule has 2 saturated carbocycles. The molecule has 0 aromatic carbocycles. The molecule has 4 rings (SSSR count). The van der Waals surface area contributed by atoms with Gasteiger partial charge in [0.1, 0.15) is 16.8 Å². The van der Waals surface area contributed by atoms with Crippen LogP contribution in [0.15, 0.2) is 17.0 Å². The summed E-state index contributed by atoms with van der Waals surface area (Å²) in [5.41, 5.74) is 0.778.